The molecule has 5 nitrogen and oxygen atoms in total. The molecule has 6 heteroatoms. The molecule has 24 heavy (non-hydrogen) atoms. The summed E-state index contributed by atoms with van der Waals surface area (Å²) in [5, 5.41) is 10.9. The van der Waals surface area contributed by atoms with Crippen molar-refractivity contribution < 1.29 is 4.74 Å². The summed E-state index contributed by atoms with van der Waals surface area (Å²) < 4.78 is 5.40. The molecule has 2 heterocycles. The van der Waals surface area contributed by atoms with Crippen LogP contribution in [0, 0.1) is 0 Å². The monoisotopic (exact) mass is 344 g/mol. The lowest BCUT2D eigenvalue weighted by Crippen LogP contribution is -2.36. The van der Waals surface area contributed by atoms with Crippen molar-refractivity contribution >= 4 is 23.0 Å². The zero-order chi connectivity index (χ0) is 16.6. The average molecular weight is 344 g/mol. The minimum absolute atomic E-state index is 0.757. The second-order valence-electron chi connectivity index (χ2n) is 5.68. The molecule has 0 spiro atoms. The van der Waals surface area contributed by atoms with Crippen molar-refractivity contribution in [2.45, 2.75) is 13.1 Å². The van der Waals surface area contributed by atoms with Gasteiger partial charge in [0, 0.05) is 38.9 Å². The Kier molecular flexibility index (Phi) is 6.09. The largest absolute Gasteiger partial charge is 0.378 e. The summed E-state index contributed by atoms with van der Waals surface area (Å²) in [4.78, 5) is 6.63. The number of ether oxygens (including phenoxy) is 1. The van der Waals surface area contributed by atoms with E-state index in [2.05, 4.69) is 61.6 Å². The van der Waals surface area contributed by atoms with Crippen molar-refractivity contribution in [3.05, 3.63) is 52.2 Å². The minimum atomic E-state index is 0.757. The smallest absolute Gasteiger partial charge is 0.191 e. The molecular formula is C18H24N4OS. The fourth-order valence-electron chi connectivity index (χ4n) is 2.63. The van der Waals surface area contributed by atoms with E-state index in [9.17, 15) is 0 Å². The van der Waals surface area contributed by atoms with Crippen molar-refractivity contribution in [1.29, 1.82) is 0 Å². The fraction of sp³-hybridized carbons (Fsp3) is 0.389. The maximum Gasteiger partial charge on any atom is 0.191 e. The molecule has 2 N–H and O–H groups in total. The summed E-state index contributed by atoms with van der Waals surface area (Å²) in [6.45, 7) is 5.12. The Bertz CT molecular complexity index is 634. The number of rotatable bonds is 5. The first-order chi connectivity index (χ1) is 11.8. The summed E-state index contributed by atoms with van der Waals surface area (Å²) in [6.07, 6.45) is 0. The summed E-state index contributed by atoms with van der Waals surface area (Å²) in [5.74, 6) is 0.818. The highest BCUT2D eigenvalue weighted by Gasteiger charge is 2.10. The fourth-order valence-corrected chi connectivity index (χ4v) is 3.30. The number of thiophene rings is 1. The van der Waals surface area contributed by atoms with Gasteiger partial charge in [-0.3, -0.25) is 4.99 Å². The first kappa shape index (κ1) is 16.8. The Labute approximate surface area is 147 Å². The maximum absolute atomic E-state index is 5.40. The molecule has 0 amide bonds. The third kappa shape index (κ3) is 4.72. The van der Waals surface area contributed by atoms with E-state index < -0.39 is 0 Å². The van der Waals surface area contributed by atoms with Gasteiger partial charge in [-0.25, -0.2) is 0 Å². The molecule has 1 aromatic carbocycles. The molecule has 128 valence electrons. The molecular weight excluding hydrogens is 320 g/mol. The molecule has 2 aromatic rings. The predicted molar refractivity (Wildman–Crippen MR) is 101 cm³/mol. The van der Waals surface area contributed by atoms with E-state index in [0.717, 1.165) is 45.4 Å². The first-order valence-corrected chi connectivity index (χ1v) is 9.16. The van der Waals surface area contributed by atoms with Crippen LogP contribution in [-0.4, -0.2) is 39.3 Å². The van der Waals surface area contributed by atoms with E-state index in [1.54, 1.807) is 18.4 Å². The highest BCUT2D eigenvalue weighted by Crippen LogP contribution is 2.16. The number of anilines is 1. The Morgan fingerprint density at radius 2 is 1.79 bits per heavy atom. The molecule has 1 saturated heterocycles. The van der Waals surface area contributed by atoms with Crippen LogP contribution in [-0.2, 0) is 17.8 Å². The van der Waals surface area contributed by atoms with Gasteiger partial charge >= 0.3 is 0 Å². The quantitative estimate of drug-likeness (QED) is 0.646. The zero-order valence-electron chi connectivity index (χ0n) is 14.0. The molecule has 0 aliphatic carbocycles. The van der Waals surface area contributed by atoms with Gasteiger partial charge in [-0.15, -0.1) is 0 Å². The van der Waals surface area contributed by atoms with Crippen molar-refractivity contribution in [1.82, 2.24) is 10.6 Å². The van der Waals surface area contributed by atoms with Crippen LogP contribution >= 0.6 is 11.3 Å². The molecule has 0 atom stereocenters. The molecule has 1 aromatic heterocycles. The van der Waals surface area contributed by atoms with Gasteiger partial charge in [0.2, 0.25) is 0 Å². The van der Waals surface area contributed by atoms with Crippen LogP contribution < -0.4 is 15.5 Å². The van der Waals surface area contributed by atoms with Gasteiger partial charge in [-0.1, -0.05) is 12.1 Å². The lowest BCUT2D eigenvalue weighted by molar-refractivity contribution is 0.122. The van der Waals surface area contributed by atoms with Crippen LogP contribution in [0.5, 0.6) is 0 Å². The van der Waals surface area contributed by atoms with Crippen molar-refractivity contribution in [2.75, 3.05) is 38.3 Å². The zero-order valence-corrected chi connectivity index (χ0v) is 14.8. The molecule has 0 unspecified atom stereocenters. The highest BCUT2D eigenvalue weighted by molar-refractivity contribution is 7.07. The molecule has 3 rings (SSSR count). The third-order valence-corrected chi connectivity index (χ3v) is 4.77. The van der Waals surface area contributed by atoms with E-state index in [4.69, 9.17) is 4.74 Å². The number of hydrogen-bond acceptors (Lipinski definition) is 4. The number of hydrogen-bond donors (Lipinski definition) is 2. The Morgan fingerprint density at radius 3 is 2.42 bits per heavy atom. The minimum Gasteiger partial charge on any atom is -0.378 e. The van der Waals surface area contributed by atoms with Crippen LogP contribution in [0.2, 0.25) is 0 Å². The number of nitrogens with zero attached hydrogens (tertiary/aromatic N) is 2. The second kappa shape index (κ2) is 8.70. The Hall–Kier alpha value is -2.05. The lowest BCUT2D eigenvalue weighted by Gasteiger charge is -2.28. The topological polar surface area (TPSA) is 48.9 Å². The second-order valence-corrected chi connectivity index (χ2v) is 6.46. The Morgan fingerprint density at radius 1 is 1.08 bits per heavy atom. The van der Waals surface area contributed by atoms with Gasteiger partial charge in [0.05, 0.1) is 13.2 Å². The van der Waals surface area contributed by atoms with Crippen molar-refractivity contribution in [2.24, 2.45) is 4.99 Å². The number of benzene rings is 1. The van der Waals surface area contributed by atoms with Gasteiger partial charge in [-0.05, 0) is 40.1 Å². The molecule has 1 aliphatic heterocycles. The molecule has 0 saturated carbocycles. The number of guanidine groups is 1. The van der Waals surface area contributed by atoms with Crippen LogP contribution in [0.15, 0.2) is 46.1 Å². The van der Waals surface area contributed by atoms with Gasteiger partial charge in [0.1, 0.15) is 0 Å². The average Bonchev–Trinajstić information content (AvgIpc) is 3.17. The SMILES string of the molecule is CN=C(NCc1ccc(N2CCOCC2)cc1)NCc1ccsc1. The van der Waals surface area contributed by atoms with Crippen LogP contribution in [0.4, 0.5) is 5.69 Å². The van der Waals surface area contributed by atoms with E-state index in [1.165, 1.54) is 16.8 Å². The normalized spacial score (nSPS) is 15.4. The summed E-state index contributed by atoms with van der Waals surface area (Å²) >= 11 is 1.71. The van der Waals surface area contributed by atoms with E-state index in [-0.39, 0.29) is 0 Å². The molecule has 1 fully saturated rings. The van der Waals surface area contributed by atoms with E-state index in [1.807, 2.05) is 0 Å². The molecule has 0 radical (unpaired) electrons. The van der Waals surface area contributed by atoms with Crippen LogP contribution in [0.3, 0.4) is 0 Å². The number of aliphatic imine (C=N–C) groups is 1. The molecule has 1 aliphatic rings. The summed E-state index contributed by atoms with van der Waals surface area (Å²) in [6, 6.07) is 10.8. The van der Waals surface area contributed by atoms with Gasteiger partial charge in [-0.2, -0.15) is 11.3 Å². The van der Waals surface area contributed by atoms with Gasteiger partial charge < -0.3 is 20.3 Å². The number of nitrogens with one attached hydrogen (secondary N) is 2. The van der Waals surface area contributed by atoms with E-state index in [0.29, 0.717) is 0 Å². The van der Waals surface area contributed by atoms with Gasteiger partial charge in [0.15, 0.2) is 5.96 Å². The van der Waals surface area contributed by atoms with Crippen molar-refractivity contribution in [3.63, 3.8) is 0 Å². The third-order valence-electron chi connectivity index (χ3n) is 4.04. The molecule has 0 bridgehead atoms. The lowest BCUT2D eigenvalue weighted by atomic mass is 10.2. The number of morpholine rings is 1. The summed E-state index contributed by atoms with van der Waals surface area (Å²) in [7, 11) is 1.80. The highest BCUT2D eigenvalue weighted by atomic mass is 32.1. The Balaban J connectivity index is 1.48. The van der Waals surface area contributed by atoms with Crippen molar-refractivity contribution in [3.8, 4) is 0 Å². The maximum atomic E-state index is 5.40. The predicted octanol–water partition coefficient (Wildman–Crippen LogP) is 2.45. The van der Waals surface area contributed by atoms with Crippen LogP contribution in [0.1, 0.15) is 11.1 Å². The standard InChI is InChI=1S/C18H24N4OS/c1-19-18(21-13-16-6-11-24-14-16)20-12-15-2-4-17(5-3-15)22-7-9-23-10-8-22/h2-6,11,14H,7-10,12-13H2,1H3,(H2,19,20,21). The first-order valence-electron chi connectivity index (χ1n) is 8.22. The summed E-state index contributed by atoms with van der Waals surface area (Å²) in [5.41, 5.74) is 3.78. The van der Waals surface area contributed by atoms with Gasteiger partial charge in [0.25, 0.3) is 0 Å². The van der Waals surface area contributed by atoms with E-state index >= 15 is 0 Å². The van der Waals surface area contributed by atoms with Crippen LogP contribution in [0.25, 0.3) is 0 Å².